The Balaban J connectivity index is 2.11. The van der Waals surface area contributed by atoms with Crippen LogP contribution in [0.5, 0.6) is 0 Å². The maximum Gasteiger partial charge on any atom is 0.348 e. The highest BCUT2D eigenvalue weighted by Crippen LogP contribution is 2.60. The second kappa shape index (κ2) is 4.06. The highest BCUT2D eigenvalue weighted by atomic mass is 31.2. The van der Waals surface area contributed by atoms with Crippen LogP contribution < -0.4 is 5.32 Å². The average Bonchev–Trinajstić information content (AvgIpc) is 3.10. The molecule has 4 nitrogen and oxygen atoms in total. The second-order valence-corrected chi connectivity index (χ2v) is 5.77. The highest BCUT2D eigenvalue weighted by Gasteiger charge is 2.52. The zero-order valence-electron chi connectivity index (χ0n) is 8.71. The molecular weight excluding hydrogens is 213 g/mol. The van der Waals surface area contributed by atoms with Crippen molar-refractivity contribution >= 4 is 7.60 Å². The molecule has 1 aliphatic heterocycles. The molecule has 1 aliphatic rings. The van der Waals surface area contributed by atoms with Crippen molar-refractivity contribution in [3.63, 3.8) is 0 Å². The topological polar surface area (TPSA) is 57.5 Å². The minimum atomic E-state index is -2.97. The molecule has 0 unspecified atom stereocenters. The van der Waals surface area contributed by atoms with E-state index in [-0.39, 0.29) is 11.8 Å². The summed E-state index contributed by atoms with van der Waals surface area (Å²) < 4.78 is 21.9. The average molecular weight is 227 g/mol. The molecule has 15 heavy (non-hydrogen) atoms. The van der Waals surface area contributed by atoms with Crippen LogP contribution in [0.15, 0.2) is 30.3 Å². The molecule has 2 atom stereocenters. The molecule has 1 fully saturated rings. The number of rotatable bonds is 4. The molecule has 1 N–H and O–H groups in total. The fraction of sp³-hybridized carbons (Fsp3) is 0.400. The van der Waals surface area contributed by atoms with Gasteiger partial charge in [-0.05, 0) is 5.56 Å². The standard InChI is InChI=1S/C10H14NO3P/c1-13-15(12,14-2)10-9(11-10)8-6-4-3-5-7-8/h3-7,9-11H,1-2H3/t9-,10+/m0/s1. The van der Waals surface area contributed by atoms with Gasteiger partial charge in [0.25, 0.3) is 0 Å². The van der Waals surface area contributed by atoms with Crippen LogP contribution in [0.1, 0.15) is 11.6 Å². The summed E-state index contributed by atoms with van der Waals surface area (Å²) in [5.74, 6) is -0.213. The Hall–Kier alpha value is -0.670. The molecule has 0 aromatic heterocycles. The van der Waals surface area contributed by atoms with Crippen molar-refractivity contribution in [3.05, 3.63) is 35.9 Å². The third-order valence-electron chi connectivity index (χ3n) is 2.57. The lowest BCUT2D eigenvalue weighted by atomic mass is 10.2. The first kappa shape index (κ1) is 10.8. The zero-order chi connectivity index (χ0) is 10.9. The van der Waals surface area contributed by atoms with Crippen LogP contribution in [-0.4, -0.2) is 20.0 Å². The van der Waals surface area contributed by atoms with Crippen LogP contribution in [0, 0.1) is 0 Å². The fourth-order valence-corrected chi connectivity index (χ4v) is 3.13. The zero-order valence-corrected chi connectivity index (χ0v) is 9.61. The Morgan fingerprint density at radius 1 is 1.20 bits per heavy atom. The fourth-order valence-electron chi connectivity index (χ4n) is 1.64. The van der Waals surface area contributed by atoms with Gasteiger partial charge in [-0.3, -0.25) is 9.88 Å². The number of nitrogens with one attached hydrogen (secondary N) is 1. The Kier molecular flexibility index (Phi) is 2.94. The highest BCUT2D eigenvalue weighted by molar-refractivity contribution is 7.55. The van der Waals surface area contributed by atoms with Gasteiger partial charge in [-0.15, -0.1) is 0 Å². The first-order valence-electron chi connectivity index (χ1n) is 4.73. The van der Waals surface area contributed by atoms with Gasteiger partial charge in [0.15, 0.2) is 0 Å². The molecule has 0 aliphatic carbocycles. The van der Waals surface area contributed by atoms with E-state index in [1.165, 1.54) is 14.2 Å². The summed E-state index contributed by atoms with van der Waals surface area (Å²) in [6.45, 7) is 0. The first-order valence-corrected chi connectivity index (χ1v) is 6.34. The molecule has 2 rings (SSSR count). The first-order chi connectivity index (χ1) is 7.21. The molecule has 1 heterocycles. The Labute approximate surface area is 89.1 Å². The summed E-state index contributed by atoms with van der Waals surface area (Å²) in [5.41, 5.74) is 1.11. The molecule has 82 valence electrons. The van der Waals surface area contributed by atoms with E-state index in [1.54, 1.807) is 0 Å². The van der Waals surface area contributed by atoms with Crippen LogP contribution >= 0.6 is 7.60 Å². The van der Waals surface area contributed by atoms with E-state index in [9.17, 15) is 4.57 Å². The normalized spacial score (nSPS) is 25.2. The van der Waals surface area contributed by atoms with E-state index in [0.717, 1.165) is 5.56 Å². The van der Waals surface area contributed by atoms with E-state index >= 15 is 0 Å². The molecular formula is C10H14NO3P. The quantitative estimate of drug-likeness (QED) is 0.632. The minimum absolute atomic E-state index is 0.0805. The number of hydrogen-bond donors (Lipinski definition) is 1. The van der Waals surface area contributed by atoms with Crippen molar-refractivity contribution in [1.82, 2.24) is 5.32 Å². The summed E-state index contributed by atoms with van der Waals surface area (Å²) in [5, 5.41) is 3.11. The lowest BCUT2D eigenvalue weighted by molar-refractivity contribution is 0.273. The van der Waals surface area contributed by atoms with Crippen molar-refractivity contribution in [3.8, 4) is 0 Å². The van der Waals surface area contributed by atoms with Crippen LogP contribution in [0.3, 0.4) is 0 Å². The van der Waals surface area contributed by atoms with Gasteiger partial charge < -0.3 is 9.05 Å². The van der Waals surface area contributed by atoms with Crippen LogP contribution in [0.25, 0.3) is 0 Å². The monoisotopic (exact) mass is 227 g/mol. The van der Waals surface area contributed by atoms with Gasteiger partial charge in [0, 0.05) is 14.2 Å². The molecule has 1 saturated heterocycles. The van der Waals surface area contributed by atoms with Gasteiger partial charge in [-0.2, -0.15) is 0 Å². The smallest absolute Gasteiger partial charge is 0.311 e. The predicted octanol–water partition coefficient (Wildman–Crippen LogP) is 2.14. The maximum absolute atomic E-state index is 12.0. The predicted molar refractivity (Wildman–Crippen MR) is 57.7 cm³/mol. The molecule has 0 amide bonds. The summed E-state index contributed by atoms with van der Waals surface area (Å²) in [7, 11) is -0.157. The van der Waals surface area contributed by atoms with Gasteiger partial charge in [0.1, 0.15) is 5.78 Å². The van der Waals surface area contributed by atoms with E-state index in [0.29, 0.717) is 0 Å². The van der Waals surface area contributed by atoms with E-state index in [1.807, 2.05) is 30.3 Å². The largest absolute Gasteiger partial charge is 0.348 e. The van der Waals surface area contributed by atoms with Gasteiger partial charge in [-0.25, -0.2) is 0 Å². The van der Waals surface area contributed by atoms with Gasteiger partial charge in [-0.1, -0.05) is 30.3 Å². The van der Waals surface area contributed by atoms with E-state index < -0.39 is 7.60 Å². The van der Waals surface area contributed by atoms with Crippen molar-refractivity contribution in [2.75, 3.05) is 14.2 Å². The van der Waals surface area contributed by atoms with Crippen molar-refractivity contribution < 1.29 is 13.6 Å². The van der Waals surface area contributed by atoms with Gasteiger partial charge >= 0.3 is 7.60 Å². The third kappa shape index (κ3) is 1.99. The van der Waals surface area contributed by atoms with Crippen LogP contribution in [-0.2, 0) is 13.6 Å². The van der Waals surface area contributed by atoms with Crippen molar-refractivity contribution in [2.24, 2.45) is 0 Å². The molecule has 5 heteroatoms. The molecule has 0 saturated carbocycles. The Morgan fingerprint density at radius 2 is 1.80 bits per heavy atom. The summed E-state index contributed by atoms with van der Waals surface area (Å²) in [4.78, 5) is 0. The molecule has 0 radical (unpaired) electrons. The Bertz CT molecular complexity index is 374. The second-order valence-electron chi connectivity index (χ2n) is 3.40. The van der Waals surface area contributed by atoms with Gasteiger partial charge in [0.05, 0.1) is 6.04 Å². The minimum Gasteiger partial charge on any atom is -0.311 e. The summed E-state index contributed by atoms with van der Waals surface area (Å²) >= 11 is 0. The van der Waals surface area contributed by atoms with Gasteiger partial charge in [0.2, 0.25) is 0 Å². The van der Waals surface area contributed by atoms with Crippen LogP contribution in [0.4, 0.5) is 0 Å². The lowest BCUT2D eigenvalue weighted by Crippen LogP contribution is -1.98. The van der Waals surface area contributed by atoms with E-state index in [4.69, 9.17) is 9.05 Å². The molecule has 1 aromatic carbocycles. The number of hydrogen-bond acceptors (Lipinski definition) is 4. The molecule has 0 spiro atoms. The molecule has 0 bridgehead atoms. The summed E-state index contributed by atoms with van der Waals surface area (Å²) in [6, 6.07) is 9.93. The number of benzene rings is 1. The van der Waals surface area contributed by atoms with Crippen LogP contribution in [0.2, 0.25) is 0 Å². The van der Waals surface area contributed by atoms with E-state index in [2.05, 4.69) is 5.32 Å². The maximum atomic E-state index is 12.0. The van der Waals surface area contributed by atoms with Crippen molar-refractivity contribution in [2.45, 2.75) is 11.8 Å². The third-order valence-corrected chi connectivity index (χ3v) is 4.71. The SMILES string of the molecule is COP(=O)(OC)[C@H]1N[C@H]1c1ccccc1. The molecule has 1 aromatic rings. The van der Waals surface area contributed by atoms with Crippen molar-refractivity contribution in [1.29, 1.82) is 0 Å². The Morgan fingerprint density at radius 3 is 2.33 bits per heavy atom. The lowest BCUT2D eigenvalue weighted by Gasteiger charge is -2.11. The summed E-state index contributed by atoms with van der Waals surface area (Å²) in [6.07, 6.45) is 0.